The molecule has 0 bridgehead atoms. The Kier molecular flexibility index (Phi) is 11.9. The molecule has 2 fully saturated rings. The molecule has 4 aromatic carbocycles. The van der Waals surface area contributed by atoms with Gasteiger partial charge in [-0.25, -0.2) is 19.6 Å². The number of carbonyl (C=O) groups is 4. The van der Waals surface area contributed by atoms with E-state index in [4.69, 9.17) is 19.4 Å². The molecule has 4 amide bonds. The molecular weight excluding hydrogens is 761 g/mol. The first kappa shape index (κ1) is 39.8. The van der Waals surface area contributed by atoms with E-state index in [9.17, 15) is 19.2 Å². The summed E-state index contributed by atoms with van der Waals surface area (Å²) < 4.78 is 9.67. The number of methoxy groups -OCH3 is 2. The Bertz CT molecular complexity index is 2340. The fraction of sp³-hybridized carbons (Fsp3) is 0.304. The average molecular weight is 809 g/mol. The lowest BCUT2D eigenvalue weighted by Gasteiger charge is -2.28. The molecule has 0 spiro atoms. The topological polar surface area (TPSA) is 175 Å². The maximum atomic E-state index is 13.9. The van der Waals surface area contributed by atoms with E-state index in [1.165, 1.54) is 14.2 Å². The predicted molar refractivity (Wildman–Crippen MR) is 226 cm³/mol. The van der Waals surface area contributed by atoms with Gasteiger partial charge < -0.3 is 39.9 Å². The van der Waals surface area contributed by atoms with Gasteiger partial charge in [0.1, 0.15) is 23.7 Å². The highest BCUT2D eigenvalue weighted by Crippen LogP contribution is 2.36. The Hall–Kier alpha value is -6.96. The van der Waals surface area contributed by atoms with Crippen molar-refractivity contribution in [1.29, 1.82) is 0 Å². The average Bonchev–Trinajstić information content (AvgIpc) is 4.12. The molecule has 0 saturated carbocycles. The number of nitrogens with zero attached hydrogens (tertiary/aromatic N) is 4. The third-order valence-electron chi connectivity index (χ3n) is 11.4. The molecule has 14 heteroatoms. The Balaban J connectivity index is 0.909. The second kappa shape index (κ2) is 17.9. The van der Waals surface area contributed by atoms with Crippen LogP contribution < -0.4 is 10.6 Å². The number of likely N-dealkylation sites (tertiary alicyclic amines) is 2. The molecule has 4 N–H and O–H groups in total. The van der Waals surface area contributed by atoms with Crippen LogP contribution in [0.2, 0.25) is 0 Å². The molecule has 2 aromatic heterocycles. The minimum absolute atomic E-state index is 0.205. The lowest BCUT2D eigenvalue weighted by atomic mass is 10.1. The number of allylic oxidation sites excluding steroid dienone is 2. The lowest BCUT2D eigenvalue weighted by Crippen LogP contribution is -2.42. The molecule has 6 aromatic rings. The van der Waals surface area contributed by atoms with Crippen LogP contribution >= 0.6 is 0 Å². The van der Waals surface area contributed by atoms with Crippen LogP contribution in [-0.4, -0.2) is 81.0 Å². The zero-order valence-electron chi connectivity index (χ0n) is 33.6. The predicted octanol–water partition coefficient (Wildman–Crippen LogP) is 7.30. The van der Waals surface area contributed by atoms with Crippen molar-refractivity contribution in [1.82, 2.24) is 40.4 Å². The maximum absolute atomic E-state index is 13.9. The van der Waals surface area contributed by atoms with Crippen molar-refractivity contribution < 1.29 is 28.7 Å². The first-order valence-electron chi connectivity index (χ1n) is 20.3. The number of fused-ring (bicyclic) bond motifs is 2. The number of carbonyl (C=O) groups excluding carboxylic acids is 4. The molecule has 308 valence electrons. The van der Waals surface area contributed by atoms with Gasteiger partial charge in [-0.1, -0.05) is 84.9 Å². The van der Waals surface area contributed by atoms with Crippen molar-refractivity contribution in [2.24, 2.45) is 0 Å². The van der Waals surface area contributed by atoms with E-state index in [2.05, 4.69) is 57.0 Å². The highest BCUT2D eigenvalue weighted by atomic mass is 16.5. The zero-order valence-corrected chi connectivity index (χ0v) is 33.6. The minimum atomic E-state index is -0.876. The number of ether oxygens (including phenoxy) is 2. The summed E-state index contributed by atoms with van der Waals surface area (Å²) in [6, 6.07) is 28.5. The van der Waals surface area contributed by atoms with Crippen LogP contribution in [0.3, 0.4) is 0 Å². The van der Waals surface area contributed by atoms with E-state index in [0.717, 1.165) is 83.4 Å². The quantitative estimate of drug-likeness (QED) is 0.0932. The summed E-state index contributed by atoms with van der Waals surface area (Å²) in [6.07, 6.45) is 7.61. The second-order valence-electron chi connectivity index (χ2n) is 15.2. The fourth-order valence-corrected chi connectivity index (χ4v) is 8.34. The van der Waals surface area contributed by atoms with Crippen LogP contribution in [-0.2, 0) is 31.9 Å². The molecule has 60 heavy (non-hydrogen) atoms. The van der Waals surface area contributed by atoms with Gasteiger partial charge in [0.2, 0.25) is 0 Å². The molecular formula is C46H48N8O6. The van der Waals surface area contributed by atoms with E-state index in [1.54, 1.807) is 9.80 Å². The van der Waals surface area contributed by atoms with Crippen LogP contribution in [0.5, 0.6) is 0 Å². The Morgan fingerprint density at radius 2 is 1.07 bits per heavy atom. The number of rotatable bonds is 12. The molecule has 4 heterocycles. The highest BCUT2D eigenvalue weighted by molar-refractivity contribution is 5.88. The van der Waals surface area contributed by atoms with Gasteiger partial charge in [-0.15, -0.1) is 0 Å². The Morgan fingerprint density at radius 3 is 1.47 bits per heavy atom. The van der Waals surface area contributed by atoms with Crippen LogP contribution in [0.4, 0.5) is 9.59 Å². The van der Waals surface area contributed by atoms with Gasteiger partial charge in [0.05, 0.1) is 48.4 Å². The molecule has 2 saturated heterocycles. The van der Waals surface area contributed by atoms with Crippen molar-refractivity contribution in [3.8, 4) is 0 Å². The SMILES string of the molecule is COC(=O)N[C@@H](C(=O)N1CCC[C@@H]1c1nc2ccc(C/C=C/Cc3ccc4nc([C@H]5CCCN5C(=O)[C@H](NC(=O)OC)c5ccccc5)[nH]c4c3)cc2[nH]1)c1ccccc1. The second-order valence-corrected chi connectivity index (χ2v) is 15.2. The smallest absolute Gasteiger partial charge is 0.407 e. The van der Waals surface area contributed by atoms with Crippen LogP contribution in [0.1, 0.15) is 83.8 Å². The van der Waals surface area contributed by atoms with E-state index in [1.807, 2.05) is 72.8 Å². The van der Waals surface area contributed by atoms with E-state index < -0.39 is 24.3 Å². The molecule has 2 aliphatic rings. The van der Waals surface area contributed by atoms with Gasteiger partial charge in [0.15, 0.2) is 0 Å². The summed E-state index contributed by atoms with van der Waals surface area (Å²) in [4.78, 5) is 72.6. The number of amides is 4. The number of H-pyrrole nitrogens is 2. The van der Waals surface area contributed by atoms with Gasteiger partial charge in [-0.05, 0) is 85.0 Å². The molecule has 0 aliphatic carbocycles. The minimum Gasteiger partial charge on any atom is -0.453 e. The number of nitrogens with one attached hydrogen (secondary N) is 4. The Labute approximate surface area is 347 Å². The molecule has 0 radical (unpaired) electrons. The van der Waals surface area contributed by atoms with E-state index >= 15 is 0 Å². The maximum Gasteiger partial charge on any atom is 0.407 e. The monoisotopic (exact) mass is 808 g/mol. The van der Waals surface area contributed by atoms with Crippen molar-refractivity contribution in [2.75, 3.05) is 27.3 Å². The van der Waals surface area contributed by atoms with Crippen molar-refractivity contribution in [3.05, 3.63) is 143 Å². The lowest BCUT2D eigenvalue weighted by molar-refractivity contribution is -0.135. The van der Waals surface area contributed by atoms with Gasteiger partial charge in [-0.3, -0.25) is 9.59 Å². The summed E-state index contributed by atoms with van der Waals surface area (Å²) >= 11 is 0. The summed E-state index contributed by atoms with van der Waals surface area (Å²) in [5, 5.41) is 5.44. The molecule has 2 aliphatic heterocycles. The number of aromatic amines is 2. The first-order valence-corrected chi connectivity index (χ1v) is 20.3. The fourth-order valence-electron chi connectivity index (χ4n) is 8.34. The zero-order chi connectivity index (χ0) is 41.6. The molecule has 14 nitrogen and oxygen atoms in total. The summed E-state index contributed by atoms with van der Waals surface area (Å²) in [5.41, 5.74) is 7.08. The van der Waals surface area contributed by atoms with Gasteiger partial charge in [-0.2, -0.15) is 0 Å². The molecule has 8 rings (SSSR count). The van der Waals surface area contributed by atoms with Crippen molar-refractivity contribution >= 4 is 46.1 Å². The van der Waals surface area contributed by atoms with Crippen LogP contribution in [0.25, 0.3) is 22.1 Å². The third kappa shape index (κ3) is 8.58. The van der Waals surface area contributed by atoms with Gasteiger partial charge in [0, 0.05) is 13.1 Å². The number of alkyl carbamates (subject to hydrolysis) is 2. The number of hydrogen-bond donors (Lipinski definition) is 4. The van der Waals surface area contributed by atoms with Crippen molar-refractivity contribution in [3.63, 3.8) is 0 Å². The van der Waals surface area contributed by atoms with Crippen LogP contribution in [0.15, 0.2) is 109 Å². The van der Waals surface area contributed by atoms with E-state index in [-0.39, 0.29) is 23.9 Å². The largest absolute Gasteiger partial charge is 0.453 e. The number of aromatic nitrogens is 4. The van der Waals surface area contributed by atoms with Gasteiger partial charge >= 0.3 is 12.2 Å². The van der Waals surface area contributed by atoms with E-state index in [0.29, 0.717) is 24.2 Å². The third-order valence-corrected chi connectivity index (χ3v) is 11.4. The number of imidazole rings is 2. The number of hydrogen-bond acceptors (Lipinski definition) is 8. The highest BCUT2D eigenvalue weighted by Gasteiger charge is 2.38. The van der Waals surface area contributed by atoms with Crippen molar-refractivity contribution in [2.45, 2.75) is 62.7 Å². The summed E-state index contributed by atoms with van der Waals surface area (Å²) in [7, 11) is 2.57. The summed E-state index contributed by atoms with van der Waals surface area (Å²) in [6.45, 7) is 1.12. The van der Waals surface area contributed by atoms with Gasteiger partial charge in [0.25, 0.3) is 11.8 Å². The molecule has 4 atom stereocenters. The molecule has 0 unspecified atom stereocenters. The normalized spacial score (nSPS) is 17.6. The van der Waals surface area contributed by atoms with Crippen LogP contribution in [0, 0.1) is 0 Å². The number of benzene rings is 4. The first-order chi connectivity index (χ1) is 29.3. The Morgan fingerprint density at radius 1 is 0.650 bits per heavy atom. The standard InChI is InChI=1S/C46H48N8O6/c1-59-45(57)51-39(31-15-5-3-6-16-31)43(55)53-25-11-19-37(53)41-47-33-23-21-29(27-35(33)49-41)13-9-10-14-30-22-24-34-36(28-30)50-42(48-34)38-20-12-26-54(38)44(56)40(52-46(58)60-2)32-17-7-4-8-18-32/h3-10,15-18,21-24,27-28,37-40H,11-14,19-20,25-26H2,1-2H3,(H,47,49)(H,48,50)(H,51,57)(H,52,58)/b10-9+/t37-,38-,39-,40-/m1/s1. The summed E-state index contributed by atoms with van der Waals surface area (Å²) in [5.74, 6) is 1.04.